The van der Waals surface area contributed by atoms with Crippen molar-refractivity contribution >= 4 is 38.9 Å². The SMILES string of the molecule is Cc1ccccc1C(C)(C)c1ccc(-c2ccc(N(c3ccccc3)c3ccc4c(c3)c3ccccc3n4-c3ccccc3)cc2)cc1. The van der Waals surface area contributed by atoms with Crippen molar-refractivity contribution in [1.29, 1.82) is 0 Å². The number of fused-ring (bicyclic) bond motifs is 3. The van der Waals surface area contributed by atoms with E-state index in [1.165, 1.54) is 55.3 Å². The second kappa shape index (κ2) is 12.1. The summed E-state index contributed by atoms with van der Waals surface area (Å²) in [5.41, 5.74) is 13.3. The van der Waals surface area contributed by atoms with Crippen molar-refractivity contribution in [2.75, 3.05) is 4.90 Å². The maximum absolute atomic E-state index is 2.36. The standard InChI is InChI=1S/C46H38N2/c1-33-14-10-12-20-43(33)46(2,3)36-26-22-34(23-27-36)35-24-28-39(29-25-35)47(37-15-6-4-7-16-37)40-30-31-45-42(32-40)41-19-11-13-21-44(41)48(45)38-17-8-5-9-18-38/h4-32H,1-3H3. The van der Waals surface area contributed by atoms with Crippen LogP contribution in [0.2, 0.25) is 0 Å². The highest BCUT2D eigenvalue weighted by molar-refractivity contribution is 6.10. The Labute approximate surface area is 283 Å². The predicted molar refractivity (Wildman–Crippen MR) is 204 cm³/mol. The summed E-state index contributed by atoms with van der Waals surface area (Å²) >= 11 is 0. The Morgan fingerprint density at radius 3 is 1.71 bits per heavy atom. The van der Waals surface area contributed by atoms with E-state index in [-0.39, 0.29) is 5.41 Å². The van der Waals surface area contributed by atoms with Crippen molar-refractivity contribution in [2.45, 2.75) is 26.2 Å². The molecule has 2 nitrogen and oxygen atoms in total. The number of benzene rings is 7. The lowest BCUT2D eigenvalue weighted by Gasteiger charge is -2.28. The molecule has 0 fully saturated rings. The predicted octanol–water partition coefficient (Wildman–Crippen LogP) is 12.6. The van der Waals surface area contributed by atoms with Crippen LogP contribution in [0.3, 0.4) is 0 Å². The average molecular weight is 619 g/mol. The van der Waals surface area contributed by atoms with E-state index in [0.717, 1.165) is 17.1 Å². The number of aromatic nitrogens is 1. The number of nitrogens with zero attached hydrogens (tertiary/aromatic N) is 2. The zero-order valence-electron chi connectivity index (χ0n) is 27.6. The first kappa shape index (κ1) is 29.5. The highest BCUT2D eigenvalue weighted by Crippen LogP contribution is 2.40. The van der Waals surface area contributed by atoms with Gasteiger partial charge in [0.25, 0.3) is 0 Å². The molecule has 0 aliphatic carbocycles. The Morgan fingerprint density at radius 2 is 1.00 bits per heavy atom. The normalized spacial score (nSPS) is 11.6. The van der Waals surface area contributed by atoms with Crippen molar-refractivity contribution in [3.05, 3.63) is 193 Å². The maximum atomic E-state index is 2.36. The largest absolute Gasteiger partial charge is 0.310 e. The van der Waals surface area contributed by atoms with E-state index < -0.39 is 0 Å². The quantitative estimate of drug-likeness (QED) is 0.172. The molecule has 8 rings (SSSR count). The first-order valence-corrected chi connectivity index (χ1v) is 16.7. The third-order valence-corrected chi connectivity index (χ3v) is 9.83. The molecule has 7 aromatic carbocycles. The molecule has 1 aromatic heterocycles. The third kappa shape index (κ3) is 5.16. The van der Waals surface area contributed by atoms with Gasteiger partial charge in [-0.1, -0.05) is 129 Å². The van der Waals surface area contributed by atoms with Crippen LogP contribution in [-0.4, -0.2) is 4.57 Å². The van der Waals surface area contributed by atoms with Crippen molar-refractivity contribution in [1.82, 2.24) is 4.57 Å². The Hall–Kier alpha value is -5.86. The molecule has 0 N–H and O–H groups in total. The monoisotopic (exact) mass is 618 g/mol. The van der Waals surface area contributed by atoms with Gasteiger partial charge in [-0.25, -0.2) is 0 Å². The summed E-state index contributed by atoms with van der Waals surface area (Å²) in [6.07, 6.45) is 0. The maximum Gasteiger partial charge on any atom is 0.0542 e. The second-order valence-corrected chi connectivity index (χ2v) is 13.1. The molecule has 0 spiro atoms. The Bertz CT molecular complexity index is 2350. The molecule has 0 unspecified atom stereocenters. The van der Waals surface area contributed by atoms with E-state index in [1.807, 2.05) is 0 Å². The third-order valence-electron chi connectivity index (χ3n) is 9.83. The number of anilines is 3. The topological polar surface area (TPSA) is 8.17 Å². The Kier molecular flexibility index (Phi) is 7.42. The fourth-order valence-electron chi connectivity index (χ4n) is 7.29. The lowest BCUT2D eigenvalue weighted by molar-refractivity contribution is 0.636. The van der Waals surface area contributed by atoms with Gasteiger partial charge in [0.15, 0.2) is 0 Å². The summed E-state index contributed by atoms with van der Waals surface area (Å²) in [5, 5.41) is 2.48. The lowest BCUT2D eigenvalue weighted by Crippen LogP contribution is -2.20. The van der Waals surface area contributed by atoms with Crippen LogP contribution in [0.25, 0.3) is 38.6 Å². The van der Waals surface area contributed by atoms with Gasteiger partial charge in [-0.2, -0.15) is 0 Å². The molecule has 0 radical (unpaired) electrons. The van der Waals surface area contributed by atoms with Crippen molar-refractivity contribution in [2.24, 2.45) is 0 Å². The molecule has 1 heterocycles. The molecule has 232 valence electrons. The zero-order chi connectivity index (χ0) is 32.7. The highest BCUT2D eigenvalue weighted by Gasteiger charge is 2.24. The van der Waals surface area contributed by atoms with E-state index >= 15 is 0 Å². The van der Waals surface area contributed by atoms with Gasteiger partial charge in [0.2, 0.25) is 0 Å². The van der Waals surface area contributed by atoms with E-state index in [4.69, 9.17) is 0 Å². The molecule has 0 aliphatic rings. The molecule has 0 saturated carbocycles. The first-order chi connectivity index (χ1) is 23.5. The minimum Gasteiger partial charge on any atom is -0.310 e. The molecule has 0 atom stereocenters. The van der Waals surface area contributed by atoms with Crippen LogP contribution >= 0.6 is 0 Å². The van der Waals surface area contributed by atoms with Crippen molar-refractivity contribution < 1.29 is 0 Å². The summed E-state index contributed by atoms with van der Waals surface area (Å²) in [6, 6.07) is 63.6. The second-order valence-electron chi connectivity index (χ2n) is 13.1. The van der Waals surface area contributed by atoms with Gasteiger partial charge in [-0.15, -0.1) is 0 Å². The molecule has 0 aliphatic heterocycles. The van der Waals surface area contributed by atoms with Gasteiger partial charge in [-0.05, 0) is 95.4 Å². The van der Waals surface area contributed by atoms with E-state index in [9.17, 15) is 0 Å². The summed E-state index contributed by atoms with van der Waals surface area (Å²) in [4.78, 5) is 2.35. The number of aryl methyl sites for hydroxylation is 1. The molecular weight excluding hydrogens is 581 g/mol. The van der Waals surface area contributed by atoms with Crippen molar-refractivity contribution in [3.63, 3.8) is 0 Å². The summed E-state index contributed by atoms with van der Waals surface area (Å²) in [7, 11) is 0. The zero-order valence-corrected chi connectivity index (χ0v) is 27.6. The van der Waals surface area contributed by atoms with Gasteiger partial charge < -0.3 is 9.47 Å². The van der Waals surface area contributed by atoms with E-state index in [1.54, 1.807) is 0 Å². The summed E-state index contributed by atoms with van der Waals surface area (Å²) in [6.45, 7) is 6.83. The van der Waals surface area contributed by atoms with Gasteiger partial charge in [0.1, 0.15) is 0 Å². The Balaban J connectivity index is 1.17. The van der Waals surface area contributed by atoms with Gasteiger partial charge in [0, 0.05) is 38.9 Å². The fraction of sp³-hybridized carbons (Fsp3) is 0.0870. The highest BCUT2D eigenvalue weighted by atomic mass is 15.1. The average Bonchev–Trinajstić information content (AvgIpc) is 3.47. The molecule has 0 bridgehead atoms. The van der Waals surface area contributed by atoms with Crippen LogP contribution in [-0.2, 0) is 5.41 Å². The summed E-state index contributed by atoms with van der Waals surface area (Å²) < 4.78 is 2.36. The first-order valence-electron chi connectivity index (χ1n) is 16.7. The van der Waals surface area contributed by atoms with Crippen LogP contribution < -0.4 is 4.90 Å². The van der Waals surface area contributed by atoms with E-state index in [2.05, 4.69) is 206 Å². The van der Waals surface area contributed by atoms with Crippen LogP contribution in [0, 0.1) is 6.92 Å². The number of para-hydroxylation sites is 3. The number of rotatable bonds is 7. The lowest BCUT2D eigenvalue weighted by atomic mass is 9.76. The van der Waals surface area contributed by atoms with Gasteiger partial charge in [0.05, 0.1) is 11.0 Å². The van der Waals surface area contributed by atoms with Gasteiger partial charge in [-0.3, -0.25) is 0 Å². The smallest absolute Gasteiger partial charge is 0.0542 e. The van der Waals surface area contributed by atoms with Crippen LogP contribution in [0.4, 0.5) is 17.1 Å². The molecule has 48 heavy (non-hydrogen) atoms. The van der Waals surface area contributed by atoms with E-state index in [0.29, 0.717) is 0 Å². The molecule has 8 aromatic rings. The summed E-state index contributed by atoms with van der Waals surface area (Å²) in [5.74, 6) is 0. The van der Waals surface area contributed by atoms with Crippen LogP contribution in [0.5, 0.6) is 0 Å². The molecule has 0 amide bonds. The fourth-order valence-corrected chi connectivity index (χ4v) is 7.29. The minimum atomic E-state index is -0.0710. The number of hydrogen-bond acceptors (Lipinski definition) is 1. The van der Waals surface area contributed by atoms with Gasteiger partial charge >= 0.3 is 0 Å². The molecular formula is C46H38N2. The van der Waals surface area contributed by atoms with Crippen molar-refractivity contribution in [3.8, 4) is 16.8 Å². The van der Waals surface area contributed by atoms with Crippen LogP contribution in [0.1, 0.15) is 30.5 Å². The number of hydrogen-bond donors (Lipinski definition) is 0. The molecule has 2 heteroatoms. The van der Waals surface area contributed by atoms with Crippen LogP contribution in [0.15, 0.2) is 176 Å². The Morgan fingerprint density at radius 1 is 0.458 bits per heavy atom. The molecule has 0 saturated heterocycles. The minimum absolute atomic E-state index is 0.0710.